The SMILES string of the molecule is CCS(=O)(=O)NCCS(=O)(=O)N1CC(C)CC(C(=O)O)C1. The summed E-state index contributed by atoms with van der Waals surface area (Å²) in [6, 6.07) is 0. The van der Waals surface area contributed by atoms with Crippen LogP contribution in [0.15, 0.2) is 0 Å². The monoisotopic (exact) mass is 342 g/mol. The first-order valence-electron chi connectivity index (χ1n) is 6.75. The molecule has 1 rings (SSSR count). The van der Waals surface area contributed by atoms with Crippen molar-refractivity contribution in [3.05, 3.63) is 0 Å². The number of nitrogens with one attached hydrogen (secondary N) is 1. The molecule has 0 aromatic carbocycles. The number of hydrogen-bond acceptors (Lipinski definition) is 5. The molecule has 0 aliphatic carbocycles. The van der Waals surface area contributed by atoms with Crippen LogP contribution in [0, 0.1) is 11.8 Å². The van der Waals surface area contributed by atoms with Gasteiger partial charge < -0.3 is 5.11 Å². The third-order valence-corrected chi connectivity index (χ3v) is 6.64. The van der Waals surface area contributed by atoms with Crippen molar-refractivity contribution in [2.75, 3.05) is 31.1 Å². The fraction of sp³-hybridized carbons (Fsp3) is 0.909. The second-order valence-corrected chi connectivity index (χ2v) is 9.49. The quantitative estimate of drug-likeness (QED) is 0.631. The summed E-state index contributed by atoms with van der Waals surface area (Å²) in [5.74, 6) is -2.24. The van der Waals surface area contributed by atoms with Crippen LogP contribution in [0.5, 0.6) is 0 Å². The van der Waals surface area contributed by atoms with Crippen molar-refractivity contribution in [2.45, 2.75) is 20.3 Å². The van der Waals surface area contributed by atoms with Crippen LogP contribution >= 0.6 is 0 Å². The maximum atomic E-state index is 12.2. The zero-order chi connectivity index (χ0) is 16.3. The lowest BCUT2D eigenvalue weighted by atomic mass is 9.92. The topological polar surface area (TPSA) is 121 Å². The first-order valence-corrected chi connectivity index (χ1v) is 10.0. The van der Waals surface area contributed by atoms with Crippen molar-refractivity contribution in [1.82, 2.24) is 9.03 Å². The number of carboxylic acid groups (broad SMARTS) is 1. The number of carboxylic acids is 1. The van der Waals surface area contributed by atoms with Crippen LogP contribution in [0.25, 0.3) is 0 Å². The van der Waals surface area contributed by atoms with Crippen molar-refractivity contribution in [3.63, 3.8) is 0 Å². The molecule has 0 amide bonds. The number of sulfonamides is 2. The normalized spacial score (nSPS) is 24.9. The Morgan fingerprint density at radius 2 is 1.90 bits per heavy atom. The van der Waals surface area contributed by atoms with Crippen molar-refractivity contribution in [3.8, 4) is 0 Å². The van der Waals surface area contributed by atoms with Gasteiger partial charge in [0.25, 0.3) is 0 Å². The lowest BCUT2D eigenvalue weighted by Gasteiger charge is -2.33. The van der Waals surface area contributed by atoms with Crippen molar-refractivity contribution in [1.29, 1.82) is 0 Å². The molecule has 1 aliphatic heterocycles. The van der Waals surface area contributed by atoms with Crippen LogP contribution in [-0.2, 0) is 24.8 Å². The highest BCUT2D eigenvalue weighted by Gasteiger charge is 2.35. The highest BCUT2D eigenvalue weighted by molar-refractivity contribution is 7.90. The summed E-state index contributed by atoms with van der Waals surface area (Å²) in [4.78, 5) is 11.0. The fourth-order valence-electron chi connectivity index (χ4n) is 2.27. The molecule has 0 aromatic heterocycles. The Labute approximate surface area is 125 Å². The van der Waals surface area contributed by atoms with E-state index in [4.69, 9.17) is 5.11 Å². The molecular formula is C11H22N2O6S2. The van der Waals surface area contributed by atoms with Crippen LogP contribution in [0.4, 0.5) is 0 Å². The smallest absolute Gasteiger partial charge is 0.307 e. The number of piperidine rings is 1. The largest absolute Gasteiger partial charge is 0.481 e. The molecule has 2 N–H and O–H groups in total. The Bertz CT molecular complexity index is 572. The van der Waals surface area contributed by atoms with Gasteiger partial charge in [-0.15, -0.1) is 0 Å². The Morgan fingerprint density at radius 3 is 2.43 bits per heavy atom. The molecule has 0 radical (unpaired) electrons. The van der Waals surface area contributed by atoms with Crippen molar-refractivity contribution in [2.24, 2.45) is 11.8 Å². The van der Waals surface area contributed by atoms with Gasteiger partial charge in [0.15, 0.2) is 0 Å². The van der Waals surface area contributed by atoms with Crippen LogP contribution < -0.4 is 4.72 Å². The van der Waals surface area contributed by atoms with E-state index >= 15 is 0 Å². The van der Waals surface area contributed by atoms with E-state index in [1.54, 1.807) is 6.92 Å². The lowest BCUT2D eigenvalue weighted by molar-refractivity contribution is -0.143. The Kier molecular flexibility index (Phi) is 6.14. The molecule has 10 heteroatoms. The summed E-state index contributed by atoms with van der Waals surface area (Å²) in [5, 5.41) is 9.04. The molecule has 0 saturated carbocycles. The third-order valence-electron chi connectivity index (χ3n) is 3.43. The van der Waals surface area contributed by atoms with Gasteiger partial charge in [-0.3, -0.25) is 4.79 Å². The van der Waals surface area contributed by atoms with Crippen molar-refractivity contribution < 1.29 is 26.7 Å². The Hall–Kier alpha value is -0.710. The van der Waals surface area contributed by atoms with E-state index in [2.05, 4.69) is 4.72 Å². The van der Waals surface area contributed by atoms with Gasteiger partial charge in [-0.1, -0.05) is 6.92 Å². The average molecular weight is 342 g/mol. The van der Waals surface area contributed by atoms with Gasteiger partial charge in [0.2, 0.25) is 20.0 Å². The van der Waals surface area contributed by atoms with Crippen LogP contribution in [0.2, 0.25) is 0 Å². The maximum Gasteiger partial charge on any atom is 0.307 e. The molecule has 2 atom stereocenters. The first-order chi connectivity index (χ1) is 9.57. The number of nitrogens with zero attached hydrogens (tertiary/aromatic N) is 1. The summed E-state index contributed by atoms with van der Waals surface area (Å²) in [6.45, 7) is 3.27. The summed E-state index contributed by atoms with van der Waals surface area (Å²) < 4.78 is 50.2. The van der Waals surface area contributed by atoms with E-state index in [1.807, 2.05) is 0 Å². The van der Waals surface area contributed by atoms with E-state index in [-0.39, 0.29) is 37.1 Å². The summed E-state index contributed by atoms with van der Waals surface area (Å²) >= 11 is 0. The molecule has 21 heavy (non-hydrogen) atoms. The molecular weight excluding hydrogens is 320 g/mol. The van der Waals surface area contributed by atoms with Gasteiger partial charge in [-0.25, -0.2) is 25.9 Å². The van der Waals surface area contributed by atoms with E-state index < -0.39 is 31.9 Å². The average Bonchev–Trinajstić information content (AvgIpc) is 2.37. The van der Waals surface area contributed by atoms with Gasteiger partial charge in [-0.05, 0) is 19.3 Å². The molecule has 124 valence electrons. The predicted octanol–water partition coefficient (Wildman–Crippen LogP) is -0.702. The minimum atomic E-state index is -3.67. The highest BCUT2D eigenvalue weighted by atomic mass is 32.2. The van der Waals surface area contributed by atoms with Crippen LogP contribution in [-0.4, -0.2) is 63.4 Å². The van der Waals surface area contributed by atoms with E-state index in [0.717, 1.165) is 4.31 Å². The zero-order valence-electron chi connectivity index (χ0n) is 12.1. The Balaban J connectivity index is 2.67. The molecule has 0 aromatic rings. The molecule has 1 saturated heterocycles. The molecule has 1 heterocycles. The van der Waals surface area contributed by atoms with Gasteiger partial charge in [0.05, 0.1) is 17.4 Å². The minimum Gasteiger partial charge on any atom is -0.481 e. The standard InChI is InChI=1S/C11H22N2O6S2/c1-3-20(16,17)12-4-5-21(18,19)13-7-9(2)6-10(8-13)11(14)15/h9-10,12H,3-8H2,1-2H3,(H,14,15). The van der Waals surface area contributed by atoms with Crippen LogP contribution in [0.1, 0.15) is 20.3 Å². The van der Waals surface area contributed by atoms with E-state index in [0.29, 0.717) is 6.42 Å². The number of carbonyl (C=O) groups is 1. The number of aliphatic carboxylic acids is 1. The second-order valence-electron chi connectivity index (χ2n) is 5.31. The summed E-state index contributed by atoms with van der Waals surface area (Å²) in [7, 11) is -7.10. The molecule has 2 unspecified atom stereocenters. The zero-order valence-corrected chi connectivity index (χ0v) is 13.8. The van der Waals surface area contributed by atoms with E-state index in [9.17, 15) is 21.6 Å². The second kappa shape index (κ2) is 7.03. The molecule has 1 aliphatic rings. The summed E-state index contributed by atoms with van der Waals surface area (Å²) in [5.41, 5.74) is 0. The summed E-state index contributed by atoms with van der Waals surface area (Å²) in [6.07, 6.45) is 0.448. The van der Waals surface area contributed by atoms with Gasteiger partial charge in [0, 0.05) is 19.6 Å². The minimum absolute atomic E-state index is 0.0399. The highest BCUT2D eigenvalue weighted by Crippen LogP contribution is 2.24. The molecule has 0 bridgehead atoms. The molecule has 8 nitrogen and oxygen atoms in total. The lowest BCUT2D eigenvalue weighted by Crippen LogP contribution is -2.47. The number of rotatable bonds is 7. The van der Waals surface area contributed by atoms with Crippen LogP contribution in [0.3, 0.4) is 0 Å². The van der Waals surface area contributed by atoms with Gasteiger partial charge in [-0.2, -0.15) is 0 Å². The number of hydrogen-bond donors (Lipinski definition) is 2. The van der Waals surface area contributed by atoms with Gasteiger partial charge >= 0.3 is 5.97 Å². The fourth-order valence-corrected chi connectivity index (χ4v) is 4.52. The third kappa shape index (κ3) is 5.53. The predicted molar refractivity (Wildman–Crippen MR) is 77.7 cm³/mol. The van der Waals surface area contributed by atoms with E-state index in [1.165, 1.54) is 6.92 Å². The Morgan fingerprint density at radius 1 is 1.29 bits per heavy atom. The molecule has 0 spiro atoms. The van der Waals surface area contributed by atoms with Gasteiger partial charge in [0.1, 0.15) is 0 Å². The van der Waals surface area contributed by atoms with Crippen molar-refractivity contribution >= 4 is 26.0 Å². The maximum absolute atomic E-state index is 12.2. The first kappa shape index (κ1) is 18.3. The molecule has 1 fully saturated rings.